The Hall–Kier alpha value is -1.26. The van der Waals surface area contributed by atoms with Gasteiger partial charge in [-0.2, -0.15) is 0 Å². The minimum atomic E-state index is -0.427. The smallest absolute Gasteiger partial charge is 0.123 e. The molecular weight excluding hydrogens is 307 g/mol. The molecule has 0 aliphatic heterocycles. The second-order valence-electron chi connectivity index (χ2n) is 5.10. The van der Waals surface area contributed by atoms with Crippen molar-refractivity contribution in [3.8, 4) is 0 Å². The molecule has 3 rings (SSSR count). The first-order valence-electron chi connectivity index (χ1n) is 6.25. The van der Waals surface area contributed by atoms with E-state index in [0.717, 1.165) is 34.1 Å². The number of nitrogens with zero attached hydrogens (tertiary/aromatic N) is 1. The molecule has 0 fully saturated rings. The van der Waals surface area contributed by atoms with Gasteiger partial charge in [0.2, 0.25) is 0 Å². The van der Waals surface area contributed by atoms with Crippen LogP contribution in [0.15, 0.2) is 41.0 Å². The molecule has 4 heteroatoms. The lowest BCUT2D eigenvalue weighted by Crippen LogP contribution is -2.36. The summed E-state index contributed by atoms with van der Waals surface area (Å²) in [6.07, 6.45) is 4.13. The van der Waals surface area contributed by atoms with E-state index in [9.17, 15) is 4.39 Å². The normalized spacial score (nSPS) is 21.4. The average Bonchev–Trinajstić information content (AvgIpc) is 2.69. The van der Waals surface area contributed by atoms with Gasteiger partial charge in [0.05, 0.1) is 0 Å². The summed E-state index contributed by atoms with van der Waals surface area (Å²) in [6, 6.07) is 8.84. The maximum Gasteiger partial charge on any atom is 0.123 e. The quantitative estimate of drug-likeness (QED) is 0.921. The Morgan fingerprint density at radius 1 is 1.32 bits per heavy atom. The highest BCUT2D eigenvalue weighted by Gasteiger charge is 2.35. The number of nitrogens with two attached hydrogens (primary N) is 1. The number of aryl methyl sites for hydroxylation is 1. The molecule has 2 aromatic rings. The summed E-state index contributed by atoms with van der Waals surface area (Å²) in [6.45, 7) is 0. The second-order valence-corrected chi connectivity index (χ2v) is 6.02. The Kier molecular flexibility index (Phi) is 3.15. The molecule has 19 heavy (non-hydrogen) atoms. The summed E-state index contributed by atoms with van der Waals surface area (Å²) in [5, 5.41) is 0. The highest BCUT2D eigenvalue weighted by molar-refractivity contribution is 9.10. The number of hydrogen-bond donors (Lipinski definition) is 1. The molecule has 0 saturated heterocycles. The van der Waals surface area contributed by atoms with Crippen LogP contribution >= 0.6 is 15.9 Å². The molecule has 1 unspecified atom stereocenters. The van der Waals surface area contributed by atoms with Gasteiger partial charge < -0.3 is 5.73 Å². The molecule has 0 saturated carbocycles. The van der Waals surface area contributed by atoms with Crippen molar-refractivity contribution < 1.29 is 4.39 Å². The third-order valence-electron chi connectivity index (χ3n) is 3.73. The van der Waals surface area contributed by atoms with Crippen molar-refractivity contribution >= 4 is 15.9 Å². The maximum absolute atomic E-state index is 13.2. The van der Waals surface area contributed by atoms with Gasteiger partial charge >= 0.3 is 0 Å². The van der Waals surface area contributed by atoms with Crippen LogP contribution in [0.5, 0.6) is 0 Å². The summed E-state index contributed by atoms with van der Waals surface area (Å²) in [7, 11) is 0. The topological polar surface area (TPSA) is 38.9 Å². The van der Waals surface area contributed by atoms with Crippen molar-refractivity contribution in [1.29, 1.82) is 0 Å². The van der Waals surface area contributed by atoms with Crippen LogP contribution in [0.1, 0.15) is 23.2 Å². The molecule has 0 spiro atoms. The number of fused-ring (bicyclic) bond motifs is 1. The number of hydrogen-bond acceptors (Lipinski definition) is 2. The van der Waals surface area contributed by atoms with Gasteiger partial charge in [0.25, 0.3) is 0 Å². The molecule has 1 atom stereocenters. The molecule has 1 aliphatic carbocycles. The second kappa shape index (κ2) is 4.69. The molecular formula is C15H14BrFN2. The van der Waals surface area contributed by atoms with Crippen LogP contribution in [0.3, 0.4) is 0 Å². The Labute approximate surface area is 120 Å². The Morgan fingerprint density at radius 2 is 2.16 bits per heavy atom. The van der Waals surface area contributed by atoms with Gasteiger partial charge in [-0.1, -0.05) is 6.07 Å². The van der Waals surface area contributed by atoms with Crippen molar-refractivity contribution in [3.63, 3.8) is 0 Å². The van der Waals surface area contributed by atoms with Crippen molar-refractivity contribution in [3.05, 3.63) is 63.6 Å². The van der Waals surface area contributed by atoms with Crippen LogP contribution in [-0.2, 0) is 18.4 Å². The molecule has 98 valence electrons. The number of pyridine rings is 1. The summed E-state index contributed by atoms with van der Waals surface area (Å²) < 4.78 is 14.2. The fourth-order valence-corrected chi connectivity index (χ4v) is 3.00. The molecule has 1 aromatic carbocycles. The first-order valence-corrected chi connectivity index (χ1v) is 7.04. The first-order chi connectivity index (χ1) is 9.07. The van der Waals surface area contributed by atoms with E-state index in [1.807, 2.05) is 18.2 Å². The zero-order valence-corrected chi connectivity index (χ0v) is 12.0. The number of benzene rings is 1. The van der Waals surface area contributed by atoms with Crippen LogP contribution < -0.4 is 5.73 Å². The molecule has 0 amide bonds. The maximum atomic E-state index is 13.2. The average molecular weight is 321 g/mol. The summed E-state index contributed by atoms with van der Waals surface area (Å²) in [5.41, 5.74) is 9.13. The SMILES string of the molecule is NC1(Cc2ccc(Br)cn2)CCc2cc(F)ccc21. The van der Waals surface area contributed by atoms with Gasteiger partial charge in [-0.05, 0) is 64.2 Å². The molecule has 2 nitrogen and oxygen atoms in total. The van der Waals surface area contributed by atoms with Crippen LogP contribution in [-0.4, -0.2) is 4.98 Å². The van der Waals surface area contributed by atoms with Crippen molar-refractivity contribution in [1.82, 2.24) is 4.98 Å². The third-order valence-corrected chi connectivity index (χ3v) is 4.20. The first kappa shape index (κ1) is 12.8. The predicted octanol–water partition coefficient (Wildman–Crippen LogP) is 3.33. The molecule has 2 N–H and O–H groups in total. The number of rotatable bonds is 2. The summed E-state index contributed by atoms with van der Waals surface area (Å²) in [5.74, 6) is -0.190. The van der Waals surface area contributed by atoms with Crippen LogP contribution in [0, 0.1) is 5.82 Å². The van der Waals surface area contributed by atoms with E-state index in [0.29, 0.717) is 6.42 Å². The van der Waals surface area contributed by atoms with Crippen LogP contribution in [0.4, 0.5) is 4.39 Å². The zero-order chi connectivity index (χ0) is 13.5. The molecule has 1 aromatic heterocycles. The van der Waals surface area contributed by atoms with Gasteiger partial charge in [-0.25, -0.2) is 4.39 Å². The molecule has 0 bridgehead atoms. The van der Waals surface area contributed by atoms with Gasteiger partial charge in [-0.3, -0.25) is 4.98 Å². The minimum absolute atomic E-state index is 0.190. The lowest BCUT2D eigenvalue weighted by atomic mass is 9.88. The van der Waals surface area contributed by atoms with E-state index < -0.39 is 5.54 Å². The monoisotopic (exact) mass is 320 g/mol. The van der Waals surface area contributed by atoms with E-state index >= 15 is 0 Å². The zero-order valence-electron chi connectivity index (χ0n) is 10.4. The Balaban J connectivity index is 1.92. The lowest BCUT2D eigenvalue weighted by molar-refractivity contribution is 0.434. The van der Waals surface area contributed by atoms with Gasteiger partial charge in [0.1, 0.15) is 5.82 Å². The number of aromatic nitrogens is 1. The van der Waals surface area contributed by atoms with Gasteiger partial charge in [-0.15, -0.1) is 0 Å². The molecule has 0 radical (unpaired) electrons. The van der Waals surface area contributed by atoms with Crippen LogP contribution in [0.2, 0.25) is 0 Å². The summed E-state index contributed by atoms with van der Waals surface area (Å²) in [4.78, 5) is 4.38. The van der Waals surface area contributed by atoms with Crippen molar-refractivity contribution in [2.75, 3.05) is 0 Å². The van der Waals surface area contributed by atoms with E-state index in [1.54, 1.807) is 12.3 Å². The van der Waals surface area contributed by atoms with Crippen molar-refractivity contribution in [2.45, 2.75) is 24.8 Å². The van der Waals surface area contributed by atoms with Crippen LogP contribution in [0.25, 0.3) is 0 Å². The van der Waals surface area contributed by atoms with E-state index in [2.05, 4.69) is 20.9 Å². The fraction of sp³-hybridized carbons (Fsp3) is 0.267. The van der Waals surface area contributed by atoms with Gasteiger partial charge in [0.15, 0.2) is 0 Å². The number of halogens is 2. The molecule has 1 heterocycles. The Morgan fingerprint density at radius 3 is 2.89 bits per heavy atom. The third kappa shape index (κ3) is 2.42. The Bertz CT molecular complexity index is 612. The highest BCUT2D eigenvalue weighted by Crippen LogP contribution is 2.37. The van der Waals surface area contributed by atoms with E-state index in [-0.39, 0.29) is 5.82 Å². The van der Waals surface area contributed by atoms with Gasteiger partial charge in [0, 0.05) is 28.3 Å². The standard InChI is InChI=1S/C15H14BrFN2/c16-11-1-3-13(19-9-11)8-15(18)6-5-10-7-12(17)2-4-14(10)15/h1-4,7,9H,5-6,8,18H2. The van der Waals surface area contributed by atoms with Crippen molar-refractivity contribution in [2.24, 2.45) is 5.73 Å². The fourth-order valence-electron chi connectivity index (χ4n) is 2.77. The summed E-state index contributed by atoms with van der Waals surface area (Å²) >= 11 is 3.37. The molecule has 1 aliphatic rings. The van der Waals surface area contributed by atoms with E-state index in [1.165, 1.54) is 6.07 Å². The minimum Gasteiger partial charge on any atom is -0.321 e. The largest absolute Gasteiger partial charge is 0.321 e. The highest BCUT2D eigenvalue weighted by atomic mass is 79.9. The lowest BCUT2D eigenvalue weighted by Gasteiger charge is -2.25. The predicted molar refractivity (Wildman–Crippen MR) is 76.2 cm³/mol. The van der Waals surface area contributed by atoms with E-state index in [4.69, 9.17) is 5.73 Å².